The normalized spacial score (nSPS) is 30.2. The van der Waals surface area contributed by atoms with Gasteiger partial charge in [-0.1, -0.05) is 13.8 Å². The molecule has 0 aromatic carbocycles. The zero-order valence-electron chi connectivity index (χ0n) is 11.5. The van der Waals surface area contributed by atoms with E-state index in [1.54, 1.807) is 4.31 Å². The highest BCUT2D eigenvalue weighted by molar-refractivity contribution is 7.89. The summed E-state index contributed by atoms with van der Waals surface area (Å²) in [6.45, 7) is 6.47. The van der Waals surface area contributed by atoms with Crippen molar-refractivity contribution in [2.24, 2.45) is 5.41 Å². The molecule has 4 nitrogen and oxygen atoms in total. The van der Waals surface area contributed by atoms with Crippen LogP contribution in [0.4, 0.5) is 0 Å². The van der Waals surface area contributed by atoms with Gasteiger partial charge in [0, 0.05) is 19.7 Å². The van der Waals surface area contributed by atoms with Crippen molar-refractivity contribution >= 4 is 10.0 Å². The Morgan fingerprint density at radius 1 is 1.22 bits per heavy atom. The lowest BCUT2D eigenvalue weighted by Crippen LogP contribution is -2.44. The van der Waals surface area contributed by atoms with Gasteiger partial charge >= 0.3 is 0 Å². The van der Waals surface area contributed by atoms with Crippen LogP contribution in [-0.2, 0) is 14.8 Å². The molecule has 2 aliphatic rings. The van der Waals surface area contributed by atoms with E-state index in [-0.39, 0.29) is 17.3 Å². The fourth-order valence-electron chi connectivity index (χ4n) is 2.65. The lowest BCUT2D eigenvalue weighted by Gasteiger charge is -2.36. The molecule has 0 unspecified atom stereocenters. The summed E-state index contributed by atoms with van der Waals surface area (Å²) in [6, 6.07) is 0. The maximum atomic E-state index is 12.3. The summed E-state index contributed by atoms with van der Waals surface area (Å²) in [5.41, 5.74) is 0.285. The molecule has 0 bridgehead atoms. The molecule has 1 atom stereocenters. The first-order chi connectivity index (χ1) is 8.39. The van der Waals surface area contributed by atoms with Crippen molar-refractivity contribution in [2.45, 2.75) is 52.1 Å². The average molecular weight is 275 g/mol. The maximum Gasteiger partial charge on any atom is 0.216 e. The summed E-state index contributed by atoms with van der Waals surface area (Å²) in [7, 11) is -3.12. The van der Waals surface area contributed by atoms with Gasteiger partial charge in [0.05, 0.1) is 11.9 Å². The third-order valence-electron chi connectivity index (χ3n) is 4.14. The smallest absolute Gasteiger partial charge is 0.216 e. The molecule has 0 amide bonds. The minimum atomic E-state index is -3.12. The predicted molar refractivity (Wildman–Crippen MR) is 72.0 cm³/mol. The van der Waals surface area contributed by atoms with E-state index in [1.807, 2.05) is 0 Å². The molecule has 0 aromatic rings. The number of hydrogen-bond donors (Lipinski definition) is 0. The molecule has 2 fully saturated rings. The van der Waals surface area contributed by atoms with E-state index in [4.69, 9.17) is 4.74 Å². The van der Waals surface area contributed by atoms with Crippen molar-refractivity contribution in [3.63, 3.8) is 0 Å². The molecule has 2 aliphatic heterocycles. The van der Waals surface area contributed by atoms with Crippen LogP contribution in [0, 0.1) is 5.41 Å². The third-order valence-corrected chi connectivity index (χ3v) is 6.08. The SMILES string of the molecule is CC1(C)CCN(S(=O)(=O)C[C@@H]2CCCCO2)CC1. The number of sulfonamides is 1. The highest BCUT2D eigenvalue weighted by Crippen LogP contribution is 2.31. The van der Waals surface area contributed by atoms with E-state index in [9.17, 15) is 8.42 Å². The van der Waals surface area contributed by atoms with Crippen LogP contribution < -0.4 is 0 Å². The molecule has 0 N–H and O–H groups in total. The van der Waals surface area contributed by atoms with Gasteiger partial charge in [0.15, 0.2) is 0 Å². The minimum absolute atomic E-state index is 0.0845. The number of nitrogens with zero attached hydrogens (tertiary/aromatic N) is 1. The molecular weight excluding hydrogens is 250 g/mol. The van der Waals surface area contributed by atoms with Gasteiger partial charge in [-0.2, -0.15) is 0 Å². The molecule has 2 rings (SSSR count). The van der Waals surface area contributed by atoms with Gasteiger partial charge in [-0.15, -0.1) is 0 Å². The largest absolute Gasteiger partial charge is 0.377 e. The minimum Gasteiger partial charge on any atom is -0.377 e. The first-order valence-corrected chi connectivity index (χ1v) is 8.59. The summed E-state index contributed by atoms with van der Waals surface area (Å²) in [5.74, 6) is 0.174. The van der Waals surface area contributed by atoms with Crippen molar-refractivity contribution in [3.8, 4) is 0 Å². The highest BCUT2D eigenvalue weighted by Gasteiger charge is 2.33. The van der Waals surface area contributed by atoms with E-state index >= 15 is 0 Å². The molecule has 0 saturated carbocycles. The molecule has 0 aliphatic carbocycles. The second-order valence-corrected chi connectivity index (χ2v) is 8.34. The van der Waals surface area contributed by atoms with Crippen LogP contribution in [0.25, 0.3) is 0 Å². The van der Waals surface area contributed by atoms with Crippen LogP contribution in [0.3, 0.4) is 0 Å². The van der Waals surface area contributed by atoms with Gasteiger partial charge in [-0.3, -0.25) is 0 Å². The van der Waals surface area contributed by atoms with E-state index in [0.29, 0.717) is 19.7 Å². The third kappa shape index (κ3) is 3.68. The quantitative estimate of drug-likeness (QED) is 0.791. The Morgan fingerprint density at radius 3 is 2.44 bits per heavy atom. The highest BCUT2D eigenvalue weighted by atomic mass is 32.2. The Balaban J connectivity index is 1.90. The molecule has 0 aromatic heterocycles. The van der Waals surface area contributed by atoms with Gasteiger partial charge in [0.2, 0.25) is 10.0 Å². The van der Waals surface area contributed by atoms with Crippen molar-refractivity contribution in [1.29, 1.82) is 0 Å². The topological polar surface area (TPSA) is 46.6 Å². The number of ether oxygens (including phenoxy) is 1. The lowest BCUT2D eigenvalue weighted by molar-refractivity contribution is 0.0296. The van der Waals surface area contributed by atoms with E-state index in [1.165, 1.54) is 0 Å². The van der Waals surface area contributed by atoms with Crippen molar-refractivity contribution in [3.05, 3.63) is 0 Å². The maximum absolute atomic E-state index is 12.3. The Kier molecular flexibility index (Phi) is 4.34. The summed E-state index contributed by atoms with van der Waals surface area (Å²) in [4.78, 5) is 0. The summed E-state index contributed by atoms with van der Waals surface area (Å²) in [5, 5.41) is 0. The van der Waals surface area contributed by atoms with Gasteiger partial charge in [-0.05, 0) is 37.5 Å². The fraction of sp³-hybridized carbons (Fsp3) is 1.00. The molecule has 5 heteroatoms. The van der Waals surface area contributed by atoms with E-state index in [0.717, 1.165) is 32.1 Å². The second-order valence-electron chi connectivity index (χ2n) is 6.33. The molecule has 2 heterocycles. The van der Waals surface area contributed by atoms with Gasteiger partial charge < -0.3 is 4.74 Å². The van der Waals surface area contributed by atoms with Crippen molar-refractivity contribution in [2.75, 3.05) is 25.4 Å². The summed E-state index contributed by atoms with van der Waals surface area (Å²) >= 11 is 0. The van der Waals surface area contributed by atoms with Crippen molar-refractivity contribution in [1.82, 2.24) is 4.31 Å². The zero-order chi connectivity index (χ0) is 13.2. The molecule has 2 saturated heterocycles. The molecule has 18 heavy (non-hydrogen) atoms. The average Bonchev–Trinajstić information content (AvgIpc) is 2.29. The first kappa shape index (κ1) is 14.3. The summed E-state index contributed by atoms with van der Waals surface area (Å²) < 4.78 is 31.8. The fourth-order valence-corrected chi connectivity index (χ4v) is 4.33. The van der Waals surface area contributed by atoms with Crippen LogP contribution in [0.1, 0.15) is 46.0 Å². The van der Waals surface area contributed by atoms with Gasteiger partial charge in [0.25, 0.3) is 0 Å². The first-order valence-electron chi connectivity index (χ1n) is 6.99. The van der Waals surface area contributed by atoms with E-state index in [2.05, 4.69) is 13.8 Å². The van der Waals surface area contributed by atoms with Crippen LogP contribution in [0.2, 0.25) is 0 Å². The number of piperidine rings is 1. The van der Waals surface area contributed by atoms with Crippen LogP contribution >= 0.6 is 0 Å². The Bertz CT molecular complexity index is 362. The standard InChI is InChI=1S/C13H25NO3S/c1-13(2)6-8-14(9-7-13)18(15,16)11-12-5-3-4-10-17-12/h12H,3-11H2,1-2H3/t12-/m0/s1. The Morgan fingerprint density at radius 2 is 1.89 bits per heavy atom. The zero-order valence-corrected chi connectivity index (χ0v) is 12.3. The number of hydrogen-bond acceptors (Lipinski definition) is 3. The number of rotatable bonds is 3. The summed E-state index contributed by atoms with van der Waals surface area (Å²) in [6.07, 6.45) is 4.87. The van der Waals surface area contributed by atoms with Crippen LogP contribution in [0.15, 0.2) is 0 Å². The van der Waals surface area contributed by atoms with Crippen LogP contribution in [0.5, 0.6) is 0 Å². The molecule has 0 radical (unpaired) electrons. The van der Waals surface area contributed by atoms with Gasteiger partial charge in [-0.25, -0.2) is 12.7 Å². The Hall–Kier alpha value is -0.130. The lowest BCUT2D eigenvalue weighted by atomic mass is 9.83. The van der Waals surface area contributed by atoms with E-state index < -0.39 is 10.0 Å². The predicted octanol–water partition coefficient (Wildman–Crippen LogP) is 2.01. The Labute approximate surface area is 111 Å². The second kappa shape index (κ2) is 5.47. The monoisotopic (exact) mass is 275 g/mol. The molecular formula is C13H25NO3S. The van der Waals surface area contributed by atoms with Crippen molar-refractivity contribution < 1.29 is 13.2 Å². The van der Waals surface area contributed by atoms with Gasteiger partial charge in [0.1, 0.15) is 0 Å². The molecule has 0 spiro atoms. The van der Waals surface area contributed by atoms with Crippen LogP contribution in [-0.4, -0.2) is 44.3 Å². The molecule has 106 valence electrons.